The van der Waals surface area contributed by atoms with Gasteiger partial charge in [0.1, 0.15) is 7.85 Å². The maximum absolute atomic E-state index is 8.59. The summed E-state index contributed by atoms with van der Waals surface area (Å²) in [5.41, 5.74) is 5.51. The molecule has 3 atom stereocenters. The first-order valence-corrected chi connectivity index (χ1v) is 3.01. The molecule has 0 spiro atoms. The molecule has 0 aromatic rings. The van der Waals surface area contributed by atoms with Crippen LogP contribution in [0.25, 0.3) is 0 Å². The zero-order valence-electron chi connectivity index (χ0n) is 5.16. The van der Waals surface area contributed by atoms with E-state index < -0.39 is 0 Å². The van der Waals surface area contributed by atoms with E-state index in [0.29, 0.717) is 6.42 Å². The number of hydrogen-bond donors (Lipinski definition) is 2. The summed E-state index contributed by atoms with van der Waals surface area (Å²) in [5.74, 6) is 0. The Morgan fingerprint density at radius 2 is 2.44 bits per heavy atom. The quantitative estimate of drug-likeness (QED) is 0.425. The van der Waals surface area contributed by atoms with E-state index in [9.17, 15) is 0 Å². The molecule has 1 fully saturated rings. The summed E-state index contributed by atoms with van der Waals surface area (Å²) in [4.78, 5) is 0. The van der Waals surface area contributed by atoms with Gasteiger partial charge >= 0.3 is 0 Å². The summed E-state index contributed by atoms with van der Waals surface area (Å²) in [6.45, 7) is -0.0329. The summed E-state index contributed by atoms with van der Waals surface area (Å²) in [6, 6.07) is -0.373. The Labute approximate surface area is 55.6 Å². The van der Waals surface area contributed by atoms with Crippen molar-refractivity contribution in [1.82, 2.24) is 0 Å². The fourth-order valence-corrected chi connectivity index (χ4v) is 0.979. The molecule has 0 aromatic heterocycles. The normalized spacial score (nSPS) is 43.6. The minimum absolute atomic E-state index is 0.0329. The number of aliphatic hydroxyl groups excluding tert-OH is 1. The fraction of sp³-hybridized carbons (Fsp3) is 1.00. The Bertz CT molecular complexity index is 101. The van der Waals surface area contributed by atoms with Crippen molar-refractivity contribution in [2.45, 2.75) is 24.6 Å². The number of nitrogens with two attached hydrogens (primary N) is 1. The lowest BCUT2D eigenvalue weighted by molar-refractivity contribution is 0.0378. The number of ether oxygens (including phenoxy) is 1. The number of hydrogen-bond acceptors (Lipinski definition) is 3. The van der Waals surface area contributed by atoms with Gasteiger partial charge in [-0.15, -0.1) is 0 Å². The third kappa shape index (κ3) is 1.44. The van der Waals surface area contributed by atoms with Crippen LogP contribution in [0.1, 0.15) is 6.42 Å². The van der Waals surface area contributed by atoms with Gasteiger partial charge in [-0.2, -0.15) is 0 Å². The molecule has 0 aromatic carbocycles. The fourth-order valence-electron chi connectivity index (χ4n) is 0.979. The first-order chi connectivity index (χ1) is 4.24. The van der Waals surface area contributed by atoms with Gasteiger partial charge in [0.25, 0.3) is 0 Å². The summed E-state index contributed by atoms with van der Waals surface area (Å²) < 4.78 is 5.03. The van der Waals surface area contributed by atoms with Crippen molar-refractivity contribution in [3.63, 3.8) is 0 Å². The largest absolute Gasteiger partial charge is 0.394 e. The molecule has 0 bridgehead atoms. The second kappa shape index (κ2) is 2.69. The highest BCUT2D eigenvalue weighted by Gasteiger charge is 2.28. The van der Waals surface area contributed by atoms with Gasteiger partial charge < -0.3 is 15.6 Å². The first kappa shape index (κ1) is 7.06. The molecule has 1 aliphatic rings. The van der Waals surface area contributed by atoms with Gasteiger partial charge in [0.15, 0.2) is 0 Å². The minimum Gasteiger partial charge on any atom is -0.394 e. The molecule has 50 valence electrons. The van der Waals surface area contributed by atoms with E-state index >= 15 is 0 Å². The smallest absolute Gasteiger partial charge is 0.109 e. The predicted molar refractivity (Wildman–Crippen MR) is 34.1 cm³/mol. The highest BCUT2D eigenvalue weighted by molar-refractivity contribution is 6.11. The van der Waals surface area contributed by atoms with Gasteiger partial charge in [0, 0.05) is 12.0 Å². The maximum Gasteiger partial charge on any atom is 0.109 e. The van der Waals surface area contributed by atoms with Crippen LogP contribution in [0, 0.1) is 0 Å². The Hall–Kier alpha value is -0.0551. The van der Waals surface area contributed by atoms with Gasteiger partial charge in [-0.05, 0) is 6.42 Å². The van der Waals surface area contributed by atoms with Gasteiger partial charge in [-0.1, -0.05) is 0 Å². The molecule has 0 unspecified atom stereocenters. The highest BCUT2D eigenvalue weighted by atomic mass is 16.5. The van der Waals surface area contributed by atoms with Crippen molar-refractivity contribution < 1.29 is 9.84 Å². The lowest BCUT2D eigenvalue weighted by atomic mass is 9.95. The number of aliphatic hydroxyl groups is 1. The molecular weight excluding hydrogens is 117 g/mol. The Kier molecular flexibility index (Phi) is 2.11. The lowest BCUT2D eigenvalue weighted by Crippen LogP contribution is -2.32. The molecule has 0 amide bonds. The van der Waals surface area contributed by atoms with Crippen molar-refractivity contribution in [3.8, 4) is 0 Å². The van der Waals surface area contributed by atoms with Crippen LogP contribution in [-0.4, -0.2) is 37.7 Å². The van der Waals surface area contributed by atoms with E-state index in [0.717, 1.165) is 0 Å². The average Bonchev–Trinajstić information content (AvgIpc) is 2.10. The zero-order chi connectivity index (χ0) is 6.85. The van der Waals surface area contributed by atoms with Crippen molar-refractivity contribution >= 4 is 7.85 Å². The average molecular weight is 127 g/mol. The van der Waals surface area contributed by atoms with Crippen LogP contribution in [0.15, 0.2) is 0 Å². The molecule has 1 heterocycles. The third-order valence-electron chi connectivity index (χ3n) is 1.51. The standard InChI is InChI=1S/C5H10BNO2/c6-5-1-3(7)4(2-8)9-5/h3-5,8H,1-2,7H2/t3-,4+,5+/m0/s1. The third-order valence-corrected chi connectivity index (χ3v) is 1.51. The molecule has 1 rings (SSSR count). The van der Waals surface area contributed by atoms with Crippen LogP contribution in [-0.2, 0) is 4.74 Å². The highest BCUT2D eigenvalue weighted by Crippen LogP contribution is 2.15. The van der Waals surface area contributed by atoms with Gasteiger partial charge in [-0.25, -0.2) is 0 Å². The summed E-state index contributed by atoms with van der Waals surface area (Å²) >= 11 is 0. The summed E-state index contributed by atoms with van der Waals surface area (Å²) in [5, 5.41) is 8.59. The predicted octanol–water partition coefficient (Wildman–Crippen LogP) is -1.41. The van der Waals surface area contributed by atoms with Crippen LogP contribution < -0.4 is 5.73 Å². The van der Waals surface area contributed by atoms with Crippen LogP contribution in [0.2, 0.25) is 0 Å². The van der Waals surface area contributed by atoms with E-state index in [-0.39, 0.29) is 24.8 Å². The lowest BCUT2D eigenvalue weighted by Gasteiger charge is -2.09. The van der Waals surface area contributed by atoms with E-state index in [1.54, 1.807) is 0 Å². The van der Waals surface area contributed by atoms with E-state index in [4.69, 9.17) is 23.4 Å². The monoisotopic (exact) mass is 127 g/mol. The molecule has 1 saturated heterocycles. The molecule has 4 heteroatoms. The SMILES string of the molecule is [B][C@H]1C[C@H](N)[C@@H](CO)O1. The first-order valence-electron chi connectivity index (χ1n) is 3.01. The zero-order valence-corrected chi connectivity index (χ0v) is 5.16. The molecule has 2 radical (unpaired) electrons. The van der Waals surface area contributed by atoms with Gasteiger partial charge in [0.05, 0.1) is 12.7 Å². The summed E-state index contributed by atoms with van der Waals surface area (Å²) in [7, 11) is 5.38. The van der Waals surface area contributed by atoms with Gasteiger partial charge in [-0.3, -0.25) is 0 Å². The van der Waals surface area contributed by atoms with Crippen LogP contribution in [0.4, 0.5) is 0 Å². The molecular formula is C5H10BNO2. The molecule has 3 nitrogen and oxygen atoms in total. The van der Waals surface area contributed by atoms with Crippen LogP contribution >= 0.6 is 0 Å². The van der Waals surface area contributed by atoms with Crippen molar-refractivity contribution in [3.05, 3.63) is 0 Å². The Morgan fingerprint density at radius 3 is 2.67 bits per heavy atom. The van der Waals surface area contributed by atoms with Crippen molar-refractivity contribution in [2.24, 2.45) is 5.73 Å². The second-order valence-corrected chi connectivity index (χ2v) is 2.30. The molecule has 3 N–H and O–H groups in total. The van der Waals surface area contributed by atoms with Gasteiger partial charge in [0.2, 0.25) is 0 Å². The Morgan fingerprint density at radius 1 is 1.78 bits per heavy atom. The molecule has 9 heavy (non-hydrogen) atoms. The molecule has 0 aliphatic carbocycles. The van der Waals surface area contributed by atoms with Crippen molar-refractivity contribution in [2.75, 3.05) is 6.61 Å². The maximum atomic E-state index is 8.59. The summed E-state index contributed by atoms with van der Waals surface area (Å²) in [6.07, 6.45) is 0.394. The van der Waals surface area contributed by atoms with Crippen molar-refractivity contribution in [1.29, 1.82) is 0 Å². The Balaban J connectivity index is 2.38. The van der Waals surface area contributed by atoms with Crippen LogP contribution in [0.3, 0.4) is 0 Å². The van der Waals surface area contributed by atoms with E-state index in [1.165, 1.54) is 0 Å². The topological polar surface area (TPSA) is 55.5 Å². The second-order valence-electron chi connectivity index (χ2n) is 2.30. The van der Waals surface area contributed by atoms with Crippen LogP contribution in [0.5, 0.6) is 0 Å². The number of rotatable bonds is 1. The molecule has 0 saturated carbocycles. The van der Waals surface area contributed by atoms with E-state index in [1.807, 2.05) is 0 Å². The minimum atomic E-state index is -0.280. The van der Waals surface area contributed by atoms with E-state index in [2.05, 4.69) is 0 Å². The molecule has 1 aliphatic heterocycles.